The summed E-state index contributed by atoms with van der Waals surface area (Å²) in [5.41, 5.74) is 1.84. The molecule has 0 saturated heterocycles. The van der Waals surface area contributed by atoms with Gasteiger partial charge in [-0.2, -0.15) is 0 Å². The summed E-state index contributed by atoms with van der Waals surface area (Å²) in [6.07, 6.45) is 0.776. The number of aryl methyl sites for hydroxylation is 1. The quantitative estimate of drug-likeness (QED) is 0.503. The van der Waals surface area contributed by atoms with Crippen LogP contribution in [-0.4, -0.2) is 43.8 Å². The molecule has 1 aliphatic rings. The van der Waals surface area contributed by atoms with Crippen molar-refractivity contribution in [3.8, 4) is 17.2 Å². The third kappa shape index (κ3) is 6.14. The summed E-state index contributed by atoms with van der Waals surface area (Å²) in [4.78, 5) is 23.7. The maximum absolute atomic E-state index is 11.9. The Balaban J connectivity index is 1.33. The highest BCUT2D eigenvalue weighted by molar-refractivity contribution is 5.80. The van der Waals surface area contributed by atoms with E-state index in [1.165, 1.54) is 0 Å². The van der Waals surface area contributed by atoms with Crippen LogP contribution in [0.5, 0.6) is 17.2 Å². The molecule has 160 valence electrons. The number of benzene rings is 2. The first-order chi connectivity index (χ1) is 14.3. The lowest BCUT2D eigenvalue weighted by molar-refractivity contribution is -0.150. The highest BCUT2D eigenvalue weighted by Crippen LogP contribution is 2.41. The lowest BCUT2D eigenvalue weighted by Crippen LogP contribution is -2.32. The molecule has 1 amide bonds. The van der Waals surface area contributed by atoms with E-state index in [-0.39, 0.29) is 18.8 Å². The van der Waals surface area contributed by atoms with Gasteiger partial charge in [0.2, 0.25) is 0 Å². The molecule has 0 spiro atoms. The van der Waals surface area contributed by atoms with Crippen molar-refractivity contribution in [1.29, 1.82) is 0 Å². The first-order valence-corrected chi connectivity index (χ1v) is 9.88. The molecule has 0 radical (unpaired) electrons. The van der Waals surface area contributed by atoms with Gasteiger partial charge in [-0.05, 0) is 44.5 Å². The monoisotopic (exact) mass is 413 g/mol. The molecule has 1 aliphatic heterocycles. The lowest BCUT2D eigenvalue weighted by atomic mass is 10.0. The minimum Gasteiger partial charge on any atom is -0.492 e. The van der Waals surface area contributed by atoms with E-state index >= 15 is 0 Å². The molecule has 0 aliphatic carbocycles. The molecule has 2 aromatic carbocycles. The van der Waals surface area contributed by atoms with E-state index in [1.54, 1.807) is 6.07 Å². The molecular weight excluding hydrogens is 386 g/mol. The normalized spacial score (nSPS) is 13.7. The van der Waals surface area contributed by atoms with Crippen molar-refractivity contribution in [3.05, 3.63) is 53.6 Å². The number of nitrogens with one attached hydrogen (secondary N) is 1. The maximum atomic E-state index is 11.9. The number of ether oxygens (including phenoxy) is 4. The van der Waals surface area contributed by atoms with Gasteiger partial charge >= 0.3 is 5.97 Å². The summed E-state index contributed by atoms with van der Waals surface area (Å²) < 4.78 is 21.9. The molecule has 7 heteroatoms. The summed E-state index contributed by atoms with van der Waals surface area (Å²) in [6, 6.07) is 13.2. The fourth-order valence-corrected chi connectivity index (χ4v) is 3.14. The van der Waals surface area contributed by atoms with Gasteiger partial charge in [-0.1, -0.05) is 24.3 Å². The number of carbonyl (C=O) groups excluding carboxylic acids is 2. The van der Waals surface area contributed by atoms with Gasteiger partial charge in [0.25, 0.3) is 5.91 Å². The van der Waals surface area contributed by atoms with Gasteiger partial charge in [0.05, 0.1) is 6.54 Å². The van der Waals surface area contributed by atoms with E-state index in [1.807, 2.05) is 57.2 Å². The predicted octanol–water partition coefficient (Wildman–Crippen LogP) is 2.83. The minimum absolute atomic E-state index is 0.302. The topological polar surface area (TPSA) is 83.1 Å². The number of carbonyl (C=O) groups is 2. The summed E-state index contributed by atoms with van der Waals surface area (Å²) >= 11 is 0. The van der Waals surface area contributed by atoms with Crippen LogP contribution in [0, 0.1) is 6.92 Å². The minimum atomic E-state index is -0.629. The van der Waals surface area contributed by atoms with Gasteiger partial charge in [-0.25, -0.2) is 4.79 Å². The van der Waals surface area contributed by atoms with Crippen LogP contribution in [0.1, 0.15) is 25.0 Å². The van der Waals surface area contributed by atoms with Crippen LogP contribution in [0.4, 0.5) is 0 Å². The average molecular weight is 413 g/mol. The Hall–Kier alpha value is -3.22. The molecular formula is C23H27NO6. The lowest BCUT2D eigenvalue weighted by Gasteiger charge is -2.18. The molecule has 30 heavy (non-hydrogen) atoms. The average Bonchev–Trinajstić information content (AvgIpc) is 3.02. The van der Waals surface area contributed by atoms with E-state index in [0.717, 1.165) is 23.3 Å². The SMILES string of the molecule is Cc1cccc(OCCNC(=O)COC(=O)COc2cccc3c2OC(C)(C)C3)c1. The van der Waals surface area contributed by atoms with Crippen molar-refractivity contribution in [2.75, 3.05) is 26.4 Å². The molecule has 1 heterocycles. The second-order valence-corrected chi connectivity index (χ2v) is 7.75. The number of para-hydroxylation sites is 1. The van der Waals surface area contributed by atoms with Crippen molar-refractivity contribution >= 4 is 11.9 Å². The highest BCUT2D eigenvalue weighted by atomic mass is 16.6. The van der Waals surface area contributed by atoms with Crippen molar-refractivity contribution < 1.29 is 28.5 Å². The molecule has 7 nitrogen and oxygen atoms in total. The Morgan fingerprint density at radius 1 is 1.10 bits per heavy atom. The number of hydrogen-bond acceptors (Lipinski definition) is 6. The molecule has 0 atom stereocenters. The summed E-state index contributed by atoms with van der Waals surface area (Å²) in [6.45, 7) is 5.93. The standard InChI is InChI=1S/C23H27NO6/c1-16-6-4-8-18(12-16)27-11-10-24-20(25)14-29-21(26)15-28-19-9-5-7-17-13-23(2,3)30-22(17)19/h4-9,12H,10-11,13-15H2,1-3H3,(H,24,25). The number of rotatable bonds is 9. The third-order valence-electron chi connectivity index (χ3n) is 4.45. The zero-order valence-corrected chi connectivity index (χ0v) is 17.5. The van der Waals surface area contributed by atoms with Gasteiger partial charge in [0, 0.05) is 12.0 Å². The van der Waals surface area contributed by atoms with Gasteiger partial charge in [0.15, 0.2) is 24.7 Å². The first kappa shape index (κ1) is 21.5. The van der Waals surface area contributed by atoms with Crippen molar-refractivity contribution in [1.82, 2.24) is 5.32 Å². The molecule has 0 unspecified atom stereocenters. The molecule has 0 saturated carbocycles. The van der Waals surface area contributed by atoms with Crippen molar-refractivity contribution in [2.24, 2.45) is 0 Å². The zero-order valence-electron chi connectivity index (χ0n) is 17.5. The Kier molecular flexibility index (Phi) is 6.82. The van der Waals surface area contributed by atoms with Crippen LogP contribution in [-0.2, 0) is 20.7 Å². The number of amides is 1. The third-order valence-corrected chi connectivity index (χ3v) is 4.45. The van der Waals surface area contributed by atoms with Crippen LogP contribution in [0.3, 0.4) is 0 Å². The van der Waals surface area contributed by atoms with Gasteiger partial charge in [-0.3, -0.25) is 4.79 Å². The Bertz CT molecular complexity index is 908. The van der Waals surface area contributed by atoms with Gasteiger partial charge in [0.1, 0.15) is 18.0 Å². The van der Waals surface area contributed by atoms with Crippen LogP contribution >= 0.6 is 0 Å². The van der Waals surface area contributed by atoms with E-state index < -0.39 is 11.9 Å². The van der Waals surface area contributed by atoms with Crippen LogP contribution in [0.2, 0.25) is 0 Å². The zero-order chi connectivity index (χ0) is 21.6. The van der Waals surface area contributed by atoms with Crippen LogP contribution < -0.4 is 19.5 Å². The Labute approximate surface area is 176 Å². The molecule has 0 fully saturated rings. The fourth-order valence-electron chi connectivity index (χ4n) is 3.14. The number of esters is 1. The predicted molar refractivity (Wildman–Crippen MR) is 111 cm³/mol. The smallest absolute Gasteiger partial charge is 0.344 e. The van der Waals surface area contributed by atoms with E-state index in [2.05, 4.69) is 5.32 Å². The Morgan fingerprint density at radius 2 is 1.90 bits per heavy atom. The summed E-state index contributed by atoms with van der Waals surface area (Å²) in [7, 11) is 0. The van der Waals surface area contributed by atoms with Crippen LogP contribution in [0.15, 0.2) is 42.5 Å². The second kappa shape index (κ2) is 9.52. The first-order valence-electron chi connectivity index (χ1n) is 9.88. The molecule has 1 N–H and O–H groups in total. The van der Waals surface area contributed by atoms with Crippen LogP contribution in [0.25, 0.3) is 0 Å². The van der Waals surface area contributed by atoms with Gasteiger partial charge < -0.3 is 24.3 Å². The number of fused-ring (bicyclic) bond motifs is 1. The van der Waals surface area contributed by atoms with Gasteiger partial charge in [-0.15, -0.1) is 0 Å². The Morgan fingerprint density at radius 3 is 2.70 bits per heavy atom. The van der Waals surface area contributed by atoms with Crippen molar-refractivity contribution in [3.63, 3.8) is 0 Å². The fraction of sp³-hybridized carbons (Fsp3) is 0.391. The molecule has 0 aromatic heterocycles. The highest BCUT2D eigenvalue weighted by Gasteiger charge is 2.32. The van der Waals surface area contributed by atoms with Crippen molar-refractivity contribution in [2.45, 2.75) is 32.8 Å². The van der Waals surface area contributed by atoms with E-state index in [9.17, 15) is 9.59 Å². The second-order valence-electron chi connectivity index (χ2n) is 7.75. The summed E-state index contributed by atoms with van der Waals surface area (Å²) in [5.74, 6) is 0.861. The number of hydrogen-bond donors (Lipinski definition) is 1. The van der Waals surface area contributed by atoms with E-state index in [0.29, 0.717) is 24.7 Å². The molecule has 0 bridgehead atoms. The largest absolute Gasteiger partial charge is 0.492 e. The maximum Gasteiger partial charge on any atom is 0.344 e. The summed E-state index contributed by atoms with van der Waals surface area (Å²) in [5, 5.41) is 2.64. The molecule has 2 aromatic rings. The molecule has 3 rings (SSSR count). The van der Waals surface area contributed by atoms with E-state index in [4.69, 9.17) is 18.9 Å².